The van der Waals surface area contributed by atoms with Crippen molar-refractivity contribution < 1.29 is 23.9 Å². The predicted octanol–water partition coefficient (Wildman–Crippen LogP) is 3.23. The highest BCUT2D eigenvalue weighted by Gasteiger charge is 2.43. The van der Waals surface area contributed by atoms with Gasteiger partial charge in [0.15, 0.2) is 0 Å². The number of hydrogen-bond acceptors (Lipinski definition) is 6. The monoisotopic (exact) mass is 503 g/mol. The maximum atomic E-state index is 13.3. The van der Waals surface area contributed by atoms with E-state index >= 15 is 0 Å². The molecule has 1 spiro atoms. The highest BCUT2D eigenvalue weighted by Crippen LogP contribution is 2.40. The molecule has 3 heterocycles. The molecular weight excluding hydrogens is 466 g/mol. The van der Waals surface area contributed by atoms with Gasteiger partial charge in [-0.1, -0.05) is 0 Å². The van der Waals surface area contributed by atoms with Gasteiger partial charge in [0.05, 0.1) is 0 Å². The van der Waals surface area contributed by atoms with Crippen LogP contribution in [0, 0.1) is 5.41 Å². The van der Waals surface area contributed by atoms with Crippen LogP contribution in [0.15, 0.2) is 22.9 Å². The molecule has 3 amide bonds. The van der Waals surface area contributed by atoms with Crippen molar-refractivity contribution in [3.05, 3.63) is 28.5 Å². The second-order valence-electron chi connectivity index (χ2n) is 10.6. The number of likely N-dealkylation sites (tertiary alicyclic amines) is 2. The first-order valence-electron chi connectivity index (χ1n) is 12.2. The van der Waals surface area contributed by atoms with E-state index in [0.717, 1.165) is 24.8 Å². The van der Waals surface area contributed by atoms with Gasteiger partial charge in [-0.05, 0) is 80.3 Å². The van der Waals surface area contributed by atoms with E-state index in [0.29, 0.717) is 26.2 Å². The molecule has 1 unspecified atom stereocenters. The largest absolute Gasteiger partial charge is 0.460 e. The summed E-state index contributed by atoms with van der Waals surface area (Å²) in [5, 5.41) is 6.70. The first-order chi connectivity index (χ1) is 16.5. The van der Waals surface area contributed by atoms with Gasteiger partial charge in [-0.2, -0.15) is 11.3 Å². The number of rotatable bonds is 7. The zero-order chi connectivity index (χ0) is 25.6. The molecule has 1 N–H and O–H groups in total. The van der Waals surface area contributed by atoms with Gasteiger partial charge in [-0.3, -0.25) is 19.2 Å². The molecule has 0 radical (unpaired) electrons. The van der Waals surface area contributed by atoms with E-state index in [-0.39, 0.29) is 41.9 Å². The molecule has 1 aromatic rings. The van der Waals surface area contributed by atoms with Crippen molar-refractivity contribution in [1.82, 2.24) is 15.1 Å². The van der Waals surface area contributed by atoms with E-state index < -0.39 is 11.6 Å². The average Bonchev–Trinajstić information content (AvgIpc) is 3.44. The second kappa shape index (κ2) is 11.4. The van der Waals surface area contributed by atoms with Gasteiger partial charge in [0.2, 0.25) is 17.7 Å². The molecule has 0 saturated carbocycles. The Balaban J connectivity index is 1.52. The minimum Gasteiger partial charge on any atom is -0.460 e. The zero-order valence-corrected chi connectivity index (χ0v) is 22.0. The summed E-state index contributed by atoms with van der Waals surface area (Å²) >= 11 is 1.60. The van der Waals surface area contributed by atoms with E-state index in [1.165, 1.54) is 6.92 Å². The van der Waals surface area contributed by atoms with E-state index in [1.54, 1.807) is 38.2 Å². The van der Waals surface area contributed by atoms with Crippen molar-refractivity contribution in [3.8, 4) is 0 Å². The van der Waals surface area contributed by atoms with Crippen LogP contribution in [0.25, 0.3) is 6.08 Å². The minimum absolute atomic E-state index is 0.00451. The summed E-state index contributed by atoms with van der Waals surface area (Å²) in [5.41, 5.74) is 0.430. The van der Waals surface area contributed by atoms with Crippen molar-refractivity contribution in [2.75, 3.05) is 26.2 Å². The maximum absolute atomic E-state index is 13.3. The van der Waals surface area contributed by atoms with E-state index in [4.69, 9.17) is 4.74 Å². The van der Waals surface area contributed by atoms with Crippen LogP contribution >= 0.6 is 11.3 Å². The molecule has 9 heteroatoms. The van der Waals surface area contributed by atoms with Gasteiger partial charge in [0.25, 0.3) is 0 Å². The molecule has 2 saturated heterocycles. The van der Waals surface area contributed by atoms with Gasteiger partial charge < -0.3 is 19.9 Å². The summed E-state index contributed by atoms with van der Waals surface area (Å²) in [6.07, 6.45) is 6.31. The lowest BCUT2D eigenvalue weighted by Crippen LogP contribution is -2.49. The van der Waals surface area contributed by atoms with Gasteiger partial charge in [0, 0.05) is 45.6 Å². The lowest BCUT2D eigenvalue weighted by molar-refractivity contribution is -0.155. The third-order valence-electron chi connectivity index (χ3n) is 6.58. The Morgan fingerprint density at radius 3 is 2.37 bits per heavy atom. The molecule has 2 aliphatic rings. The Labute approximate surface area is 211 Å². The number of carbonyl (C=O) groups is 4. The van der Waals surface area contributed by atoms with Crippen LogP contribution in [0.2, 0.25) is 0 Å². The molecular formula is C26H37N3O5S. The second-order valence-corrected chi connectivity index (χ2v) is 11.4. The van der Waals surface area contributed by atoms with E-state index in [1.807, 2.05) is 32.7 Å². The lowest BCUT2D eigenvalue weighted by Gasteiger charge is -2.39. The Hall–Kier alpha value is -2.68. The molecule has 2 fully saturated rings. The molecule has 35 heavy (non-hydrogen) atoms. The summed E-state index contributed by atoms with van der Waals surface area (Å²) in [5.74, 6) is -0.824. The third-order valence-corrected chi connectivity index (χ3v) is 7.28. The Morgan fingerprint density at radius 2 is 1.80 bits per heavy atom. The van der Waals surface area contributed by atoms with E-state index in [2.05, 4.69) is 5.32 Å². The number of piperidine rings is 1. The van der Waals surface area contributed by atoms with Crippen LogP contribution in [-0.2, 0) is 23.9 Å². The zero-order valence-electron chi connectivity index (χ0n) is 21.2. The highest BCUT2D eigenvalue weighted by atomic mass is 32.1. The molecule has 8 nitrogen and oxygen atoms in total. The Morgan fingerprint density at radius 1 is 1.14 bits per heavy atom. The van der Waals surface area contributed by atoms with Gasteiger partial charge >= 0.3 is 5.97 Å². The van der Waals surface area contributed by atoms with Crippen LogP contribution in [0.3, 0.4) is 0 Å². The molecule has 0 aromatic carbocycles. The number of ether oxygens (including phenoxy) is 1. The van der Waals surface area contributed by atoms with Gasteiger partial charge in [-0.25, -0.2) is 0 Å². The quantitative estimate of drug-likeness (QED) is 0.455. The molecule has 1 aromatic heterocycles. The normalized spacial score (nSPS) is 18.6. The SMILES string of the molecule is CC(=O)NC(CCC(=O)OC(C)(C)C)C(=O)N1CCC2(CCN(C(=O)C=Cc3ccsc3)CC2)C1. The van der Waals surface area contributed by atoms with Crippen LogP contribution in [0.5, 0.6) is 0 Å². The standard InChI is InChI=1S/C26H37N3O5S/c1-19(30)27-21(6-8-23(32)34-25(2,3)4)24(33)29-15-12-26(18-29)10-13-28(14-11-26)22(31)7-5-20-9-16-35-17-20/h5,7,9,16-17,21H,6,8,10-15,18H2,1-4H3,(H,27,30). The van der Waals surface area contributed by atoms with Crippen molar-refractivity contribution >= 4 is 41.1 Å². The number of nitrogens with zero attached hydrogens (tertiary/aromatic N) is 2. The fourth-order valence-corrected chi connectivity index (χ4v) is 5.38. The molecule has 192 valence electrons. The summed E-state index contributed by atoms with van der Waals surface area (Å²) in [4.78, 5) is 53.4. The predicted molar refractivity (Wildman–Crippen MR) is 135 cm³/mol. The molecule has 0 aliphatic carbocycles. The van der Waals surface area contributed by atoms with Crippen LogP contribution in [-0.4, -0.2) is 71.3 Å². The van der Waals surface area contributed by atoms with Crippen molar-refractivity contribution in [2.45, 2.75) is 71.4 Å². The number of amides is 3. The Bertz CT molecular complexity index is 943. The Kier molecular flexibility index (Phi) is 8.74. The van der Waals surface area contributed by atoms with Crippen molar-refractivity contribution in [1.29, 1.82) is 0 Å². The third kappa shape index (κ3) is 7.92. The molecule has 3 rings (SSSR count). The summed E-state index contributed by atoms with van der Waals surface area (Å²) in [6.45, 7) is 9.33. The summed E-state index contributed by atoms with van der Waals surface area (Å²) in [7, 11) is 0. The van der Waals surface area contributed by atoms with E-state index in [9.17, 15) is 19.2 Å². The molecule has 0 bridgehead atoms. The number of thiophene rings is 1. The summed E-state index contributed by atoms with van der Waals surface area (Å²) in [6, 6.07) is 1.23. The van der Waals surface area contributed by atoms with Crippen LogP contribution < -0.4 is 5.32 Å². The first kappa shape index (κ1) is 26.9. The smallest absolute Gasteiger partial charge is 0.306 e. The van der Waals surface area contributed by atoms with Gasteiger partial charge in [0.1, 0.15) is 11.6 Å². The van der Waals surface area contributed by atoms with Crippen molar-refractivity contribution in [3.63, 3.8) is 0 Å². The fourth-order valence-electron chi connectivity index (χ4n) is 4.75. The molecule has 1 atom stereocenters. The van der Waals surface area contributed by atoms with Crippen LogP contribution in [0.1, 0.15) is 65.4 Å². The number of carbonyl (C=O) groups excluding carboxylic acids is 4. The summed E-state index contributed by atoms with van der Waals surface area (Å²) < 4.78 is 5.34. The minimum atomic E-state index is -0.751. The maximum Gasteiger partial charge on any atom is 0.306 e. The van der Waals surface area contributed by atoms with Crippen LogP contribution in [0.4, 0.5) is 0 Å². The average molecular weight is 504 g/mol. The van der Waals surface area contributed by atoms with Crippen molar-refractivity contribution in [2.24, 2.45) is 5.41 Å². The lowest BCUT2D eigenvalue weighted by atomic mass is 9.77. The first-order valence-corrected chi connectivity index (χ1v) is 13.2. The number of hydrogen-bond donors (Lipinski definition) is 1. The number of esters is 1. The number of nitrogens with one attached hydrogen (secondary N) is 1. The fraction of sp³-hybridized carbons (Fsp3) is 0.615. The highest BCUT2D eigenvalue weighted by molar-refractivity contribution is 7.08. The topological polar surface area (TPSA) is 96.0 Å². The molecule has 2 aliphatic heterocycles. The van der Waals surface area contributed by atoms with Gasteiger partial charge in [-0.15, -0.1) is 0 Å².